The minimum atomic E-state index is 0. The summed E-state index contributed by atoms with van der Waals surface area (Å²) in [5.74, 6) is 0.993. The molecule has 2 fully saturated rings. The molecule has 1 atom stereocenters. The third-order valence-corrected chi connectivity index (χ3v) is 5.37. The molecule has 2 saturated heterocycles. The minimum absolute atomic E-state index is 0. The monoisotopic (exact) mass is 465 g/mol. The highest BCUT2D eigenvalue weighted by Gasteiger charge is 2.22. The van der Waals surface area contributed by atoms with E-state index in [0.29, 0.717) is 0 Å². The van der Waals surface area contributed by atoms with Gasteiger partial charge in [-0.2, -0.15) is 0 Å². The van der Waals surface area contributed by atoms with Gasteiger partial charge < -0.3 is 24.8 Å². The van der Waals surface area contributed by atoms with E-state index in [9.17, 15) is 0 Å². The van der Waals surface area contributed by atoms with Crippen molar-refractivity contribution < 1.29 is 4.74 Å². The maximum Gasteiger partial charge on any atom is 0.193 e. The largest absolute Gasteiger partial charge is 0.374 e. The molecular weight excluding hydrogens is 437 g/mol. The molecule has 0 bridgehead atoms. The number of ether oxygens (including phenoxy) is 1. The predicted octanol–water partition coefficient (Wildman–Crippen LogP) is 1.39. The Hall–Kier alpha value is -0.580. The van der Waals surface area contributed by atoms with E-state index in [2.05, 4.69) is 49.6 Å². The molecule has 0 aliphatic carbocycles. The molecule has 0 spiro atoms. The van der Waals surface area contributed by atoms with Crippen LogP contribution in [0.25, 0.3) is 0 Å². The van der Waals surface area contributed by atoms with E-state index < -0.39 is 0 Å². The molecule has 6 nitrogen and oxygen atoms in total. The zero-order valence-corrected chi connectivity index (χ0v) is 17.6. The van der Waals surface area contributed by atoms with Gasteiger partial charge in [0.1, 0.15) is 0 Å². The van der Waals surface area contributed by atoms with Crippen molar-refractivity contribution in [2.24, 2.45) is 4.99 Å². The average Bonchev–Trinajstić information content (AvgIpc) is 3.11. The van der Waals surface area contributed by atoms with Gasteiger partial charge >= 0.3 is 0 Å². The molecule has 2 aliphatic rings. The van der Waals surface area contributed by atoms with Gasteiger partial charge in [-0.3, -0.25) is 4.99 Å². The Bertz CT molecular complexity index is 505. The first-order valence-corrected chi connectivity index (χ1v) is 9.18. The molecule has 1 aromatic heterocycles. The number of nitrogens with zero attached hydrogens (tertiary/aromatic N) is 4. The van der Waals surface area contributed by atoms with E-state index in [1.54, 1.807) is 0 Å². The lowest BCUT2D eigenvalue weighted by Crippen LogP contribution is -2.54. The maximum absolute atomic E-state index is 5.81. The second kappa shape index (κ2) is 9.79. The van der Waals surface area contributed by atoms with Crippen LogP contribution < -0.4 is 10.2 Å². The van der Waals surface area contributed by atoms with Gasteiger partial charge in [0, 0.05) is 52.9 Å². The Morgan fingerprint density at radius 3 is 2.75 bits per heavy atom. The van der Waals surface area contributed by atoms with E-state index in [1.807, 2.05) is 18.4 Å². The minimum Gasteiger partial charge on any atom is -0.374 e. The van der Waals surface area contributed by atoms with Gasteiger partial charge in [-0.05, 0) is 24.6 Å². The van der Waals surface area contributed by atoms with Crippen LogP contribution in [0, 0.1) is 0 Å². The van der Waals surface area contributed by atoms with Gasteiger partial charge in [0.25, 0.3) is 0 Å². The maximum atomic E-state index is 5.81. The van der Waals surface area contributed by atoms with E-state index >= 15 is 0 Å². The fraction of sp³-hybridized carbons (Fsp3) is 0.688. The summed E-state index contributed by atoms with van der Waals surface area (Å²) in [4.78, 5) is 11.6. The first-order chi connectivity index (χ1) is 11.3. The van der Waals surface area contributed by atoms with Gasteiger partial charge in [-0.1, -0.05) is 0 Å². The van der Waals surface area contributed by atoms with E-state index in [4.69, 9.17) is 4.74 Å². The first-order valence-electron chi connectivity index (χ1n) is 8.30. The number of likely N-dealkylation sites (N-methyl/N-ethyl adjacent to an activating group) is 1. The van der Waals surface area contributed by atoms with Gasteiger partial charge in [0.2, 0.25) is 0 Å². The highest BCUT2D eigenvalue weighted by atomic mass is 127. The Labute approximate surface area is 165 Å². The number of rotatable bonds is 3. The Balaban J connectivity index is 0.00000208. The average molecular weight is 465 g/mol. The van der Waals surface area contributed by atoms with Gasteiger partial charge in [-0.15, -0.1) is 35.3 Å². The number of hydrogen-bond acceptors (Lipinski definition) is 5. The van der Waals surface area contributed by atoms with Crippen LogP contribution in [0.15, 0.2) is 22.5 Å². The second-order valence-corrected chi connectivity index (χ2v) is 7.03. The van der Waals surface area contributed by atoms with E-state index in [-0.39, 0.29) is 30.1 Å². The molecular formula is C16H28IN5OS. The predicted molar refractivity (Wildman–Crippen MR) is 112 cm³/mol. The highest BCUT2D eigenvalue weighted by Crippen LogP contribution is 2.22. The normalized spacial score (nSPS) is 23.1. The fourth-order valence-electron chi connectivity index (χ4n) is 3.12. The molecule has 0 amide bonds. The number of aliphatic imine (C=N–C) groups is 1. The third kappa shape index (κ3) is 5.21. The fourth-order valence-corrected chi connectivity index (χ4v) is 3.90. The SMILES string of the molecule is CN=C(NCC1CN(C)CCO1)N1CCN(c2cccs2)CC1.I. The van der Waals surface area contributed by atoms with Crippen LogP contribution in [0.1, 0.15) is 0 Å². The number of halogens is 1. The number of hydrogen-bond donors (Lipinski definition) is 1. The number of morpholine rings is 1. The molecule has 24 heavy (non-hydrogen) atoms. The van der Waals surface area contributed by atoms with Crippen molar-refractivity contribution in [2.75, 3.05) is 71.4 Å². The Morgan fingerprint density at radius 2 is 2.12 bits per heavy atom. The van der Waals surface area contributed by atoms with Gasteiger partial charge in [0.05, 0.1) is 17.7 Å². The van der Waals surface area contributed by atoms with Crippen LogP contribution in [0.2, 0.25) is 0 Å². The summed E-state index contributed by atoms with van der Waals surface area (Å²) in [6.07, 6.45) is 0.248. The molecule has 8 heteroatoms. The zero-order chi connectivity index (χ0) is 16.1. The molecule has 2 aliphatic heterocycles. The van der Waals surface area contributed by atoms with Crippen LogP contribution >= 0.6 is 35.3 Å². The summed E-state index contributed by atoms with van der Waals surface area (Å²) in [6.45, 7) is 7.74. The van der Waals surface area contributed by atoms with Gasteiger partial charge in [0.15, 0.2) is 5.96 Å². The van der Waals surface area contributed by atoms with Crippen LogP contribution in [-0.2, 0) is 4.74 Å². The van der Waals surface area contributed by atoms with E-state index in [0.717, 1.165) is 58.4 Å². The Kier molecular flexibility index (Phi) is 8.05. The molecule has 0 radical (unpaired) electrons. The van der Waals surface area contributed by atoms with Crippen LogP contribution in [0.4, 0.5) is 5.00 Å². The standard InChI is InChI=1S/C16H27N5OS.HI/c1-17-16(18-12-14-13-19(2)9-10-22-14)21-7-5-20(6-8-21)15-4-3-11-23-15;/h3-4,11,14H,5-10,12-13H2,1-2H3,(H,17,18);1H. The Morgan fingerprint density at radius 1 is 1.33 bits per heavy atom. The smallest absolute Gasteiger partial charge is 0.193 e. The summed E-state index contributed by atoms with van der Waals surface area (Å²) in [5.41, 5.74) is 0. The summed E-state index contributed by atoms with van der Waals surface area (Å²) in [6, 6.07) is 4.32. The molecule has 1 aromatic rings. The molecule has 136 valence electrons. The van der Waals surface area contributed by atoms with Crippen molar-refractivity contribution in [2.45, 2.75) is 6.10 Å². The number of piperazine rings is 1. The molecule has 3 heterocycles. The number of thiophene rings is 1. The molecule has 0 saturated carbocycles. The van der Waals surface area contributed by atoms with Crippen molar-refractivity contribution in [3.8, 4) is 0 Å². The van der Waals surface area contributed by atoms with Crippen LogP contribution in [-0.4, -0.2) is 88.4 Å². The van der Waals surface area contributed by atoms with E-state index in [1.165, 1.54) is 5.00 Å². The first kappa shape index (κ1) is 19.7. The lowest BCUT2D eigenvalue weighted by molar-refractivity contribution is -0.0163. The van der Waals surface area contributed by atoms with Crippen molar-refractivity contribution in [1.29, 1.82) is 0 Å². The molecule has 0 aromatic carbocycles. The molecule has 1 unspecified atom stereocenters. The zero-order valence-electron chi connectivity index (χ0n) is 14.5. The van der Waals surface area contributed by atoms with Crippen LogP contribution in [0.3, 0.4) is 0 Å². The lowest BCUT2D eigenvalue weighted by atomic mass is 10.3. The number of guanidine groups is 1. The lowest BCUT2D eigenvalue weighted by Gasteiger charge is -2.37. The summed E-state index contributed by atoms with van der Waals surface area (Å²) in [7, 11) is 4.01. The van der Waals surface area contributed by atoms with Crippen molar-refractivity contribution in [3.05, 3.63) is 17.5 Å². The van der Waals surface area contributed by atoms with Crippen molar-refractivity contribution in [1.82, 2.24) is 15.1 Å². The molecule has 3 rings (SSSR count). The van der Waals surface area contributed by atoms with Crippen molar-refractivity contribution in [3.63, 3.8) is 0 Å². The molecule has 1 N–H and O–H groups in total. The summed E-state index contributed by atoms with van der Waals surface area (Å²) in [5, 5.41) is 7.00. The quantitative estimate of drug-likeness (QED) is 0.416. The third-order valence-electron chi connectivity index (χ3n) is 4.44. The summed E-state index contributed by atoms with van der Waals surface area (Å²) < 4.78 is 5.81. The second-order valence-electron chi connectivity index (χ2n) is 6.11. The summed E-state index contributed by atoms with van der Waals surface area (Å²) >= 11 is 1.81. The van der Waals surface area contributed by atoms with Crippen molar-refractivity contribution >= 4 is 46.3 Å². The van der Waals surface area contributed by atoms with Gasteiger partial charge in [-0.25, -0.2) is 0 Å². The van der Waals surface area contributed by atoms with Crippen LogP contribution in [0.5, 0.6) is 0 Å². The number of anilines is 1. The topological polar surface area (TPSA) is 43.3 Å². The highest BCUT2D eigenvalue weighted by molar-refractivity contribution is 14.0. The number of nitrogens with one attached hydrogen (secondary N) is 1.